The van der Waals surface area contributed by atoms with E-state index >= 15 is 0 Å². The molecule has 2 heterocycles. The highest BCUT2D eigenvalue weighted by molar-refractivity contribution is 5.67. The highest BCUT2D eigenvalue weighted by Crippen LogP contribution is 2.44. The summed E-state index contributed by atoms with van der Waals surface area (Å²) in [5.41, 5.74) is -1.06. The van der Waals surface area contributed by atoms with Crippen LogP contribution in [0.15, 0.2) is 12.2 Å². The third-order valence-electron chi connectivity index (χ3n) is 3.71. The third kappa shape index (κ3) is 2.95. The lowest BCUT2D eigenvalue weighted by Gasteiger charge is -2.43. The standard InChI is InChI=1S/C14H21NO5/c1-10(16)19-11-7-13(2)5-6-14(8-11,20-13)9-15(3)12(17)18-4/h5-6,11H,7-9H2,1-4H3/t11-,13-,14-/m0/s1. The SMILES string of the molecule is COC(=O)N(C)C[C@]12C=C[C@@](C)(C[C@H](OC(C)=O)C1)O2. The van der Waals surface area contributed by atoms with Gasteiger partial charge in [-0.1, -0.05) is 12.2 Å². The lowest BCUT2D eigenvalue weighted by molar-refractivity contribution is -0.179. The molecule has 0 N–H and O–H groups in total. The van der Waals surface area contributed by atoms with E-state index in [4.69, 9.17) is 14.2 Å². The minimum Gasteiger partial charge on any atom is -0.462 e. The van der Waals surface area contributed by atoms with Gasteiger partial charge in [-0.15, -0.1) is 0 Å². The minimum atomic E-state index is -0.615. The van der Waals surface area contributed by atoms with Gasteiger partial charge in [-0.25, -0.2) is 4.79 Å². The molecule has 0 spiro atoms. The first kappa shape index (κ1) is 14.8. The van der Waals surface area contributed by atoms with Crippen molar-refractivity contribution in [1.29, 1.82) is 0 Å². The maximum atomic E-state index is 11.5. The van der Waals surface area contributed by atoms with E-state index in [2.05, 4.69) is 0 Å². The van der Waals surface area contributed by atoms with Crippen LogP contribution in [0, 0.1) is 0 Å². The van der Waals surface area contributed by atoms with E-state index in [1.54, 1.807) is 7.05 Å². The highest BCUT2D eigenvalue weighted by atomic mass is 16.6. The number of esters is 1. The fourth-order valence-electron chi connectivity index (χ4n) is 3.08. The summed E-state index contributed by atoms with van der Waals surface area (Å²) in [7, 11) is 3.00. The van der Waals surface area contributed by atoms with Crippen molar-refractivity contribution in [3.8, 4) is 0 Å². The molecule has 20 heavy (non-hydrogen) atoms. The molecule has 2 rings (SSSR count). The molecule has 6 nitrogen and oxygen atoms in total. The summed E-state index contributed by atoms with van der Waals surface area (Å²) in [6.07, 6.45) is 4.51. The van der Waals surface area contributed by atoms with Crippen LogP contribution in [-0.4, -0.2) is 55.0 Å². The van der Waals surface area contributed by atoms with Gasteiger partial charge in [0.1, 0.15) is 11.7 Å². The number of fused-ring (bicyclic) bond motifs is 2. The Bertz CT molecular complexity index is 449. The average Bonchev–Trinajstić information content (AvgIpc) is 2.57. The normalized spacial score (nSPS) is 34.7. The van der Waals surface area contributed by atoms with Gasteiger partial charge in [0.05, 0.1) is 19.3 Å². The summed E-state index contributed by atoms with van der Waals surface area (Å²) in [6.45, 7) is 3.73. The number of ether oxygens (including phenoxy) is 3. The molecule has 2 bridgehead atoms. The fourth-order valence-corrected chi connectivity index (χ4v) is 3.08. The summed E-state index contributed by atoms with van der Waals surface area (Å²) in [4.78, 5) is 24.2. The number of carbonyl (C=O) groups excluding carboxylic acids is 2. The van der Waals surface area contributed by atoms with Gasteiger partial charge in [-0.3, -0.25) is 4.79 Å². The molecular formula is C14H21NO5. The van der Waals surface area contributed by atoms with Gasteiger partial charge in [0.15, 0.2) is 0 Å². The number of carbonyl (C=O) groups is 2. The van der Waals surface area contributed by atoms with Gasteiger partial charge in [0.25, 0.3) is 0 Å². The smallest absolute Gasteiger partial charge is 0.409 e. The van der Waals surface area contributed by atoms with Crippen LogP contribution >= 0.6 is 0 Å². The molecule has 2 aliphatic rings. The van der Waals surface area contributed by atoms with Crippen molar-refractivity contribution in [1.82, 2.24) is 4.90 Å². The maximum Gasteiger partial charge on any atom is 0.409 e. The van der Waals surface area contributed by atoms with E-state index in [1.807, 2.05) is 19.1 Å². The Kier molecular flexibility index (Phi) is 3.77. The third-order valence-corrected chi connectivity index (χ3v) is 3.71. The van der Waals surface area contributed by atoms with E-state index in [1.165, 1.54) is 18.9 Å². The van der Waals surface area contributed by atoms with Gasteiger partial charge in [-0.2, -0.15) is 0 Å². The summed E-state index contributed by atoms with van der Waals surface area (Å²) in [5, 5.41) is 0. The van der Waals surface area contributed by atoms with Crippen molar-refractivity contribution in [3.63, 3.8) is 0 Å². The number of methoxy groups -OCH3 is 1. The molecule has 1 saturated heterocycles. The lowest BCUT2D eigenvalue weighted by Crippen LogP contribution is -2.52. The zero-order valence-corrected chi connectivity index (χ0v) is 12.3. The molecule has 0 aromatic heterocycles. The Morgan fingerprint density at radius 3 is 2.70 bits per heavy atom. The van der Waals surface area contributed by atoms with Crippen molar-refractivity contribution in [3.05, 3.63) is 12.2 Å². The first-order chi connectivity index (χ1) is 9.27. The summed E-state index contributed by atoms with van der Waals surface area (Å²) in [5.74, 6) is -0.295. The molecule has 0 unspecified atom stereocenters. The largest absolute Gasteiger partial charge is 0.462 e. The Hall–Kier alpha value is -1.56. The average molecular weight is 283 g/mol. The molecule has 0 radical (unpaired) electrons. The molecule has 3 atom stereocenters. The molecule has 0 aromatic carbocycles. The Morgan fingerprint density at radius 1 is 1.40 bits per heavy atom. The predicted molar refractivity (Wildman–Crippen MR) is 71.2 cm³/mol. The first-order valence-corrected chi connectivity index (χ1v) is 6.64. The molecule has 0 aromatic rings. The number of hydrogen-bond acceptors (Lipinski definition) is 5. The van der Waals surface area contributed by atoms with E-state index < -0.39 is 17.3 Å². The Balaban J connectivity index is 2.11. The van der Waals surface area contributed by atoms with Crippen LogP contribution in [0.4, 0.5) is 4.79 Å². The molecule has 1 fully saturated rings. The van der Waals surface area contributed by atoms with Gasteiger partial charge in [-0.05, 0) is 6.92 Å². The quantitative estimate of drug-likeness (QED) is 0.580. The molecule has 6 heteroatoms. The monoisotopic (exact) mass is 283 g/mol. The molecule has 0 aliphatic carbocycles. The van der Waals surface area contributed by atoms with Crippen molar-refractivity contribution < 1.29 is 23.8 Å². The van der Waals surface area contributed by atoms with Gasteiger partial charge in [0.2, 0.25) is 0 Å². The highest BCUT2D eigenvalue weighted by Gasteiger charge is 2.51. The number of rotatable bonds is 3. The van der Waals surface area contributed by atoms with E-state index in [0.717, 1.165) is 0 Å². The molecule has 112 valence electrons. The van der Waals surface area contributed by atoms with Crippen LogP contribution in [0.3, 0.4) is 0 Å². The second-order valence-corrected chi connectivity index (χ2v) is 5.78. The summed E-state index contributed by atoms with van der Waals surface area (Å²) < 4.78 is 16.1. The fraction of sp³-hybridized carbons (Fsp3) is 0.714. The second-order valence-electron chi connectivity index (χ2n) is 5.78. The van der Waals surface area contributed by atoms with Gasteiger partial charge >= 0.3 is 12.1 Å². The number of hydrogen-bond donors (Lipinski definition) is 0. The Morgan fingerprint density at radius 2 is 2.10 bits per heavy atom. The zero-order chi connectivity index (χ0) is 15.0. The van der Waals surface area contributed by atoms with E-state index in [9.17, 15) is 9.59 Å². The topological polar surface area (TPSA) is 65.1 Å². The summed E-state index contributed by atoms with van der Waals surface area (Å²) >= 11 is 0. The first-order valence-electron chi connectivity index (χ1n) is 6.64. The number of likely N-dealkylation sites (N-methyl/N-ethyl adjacent to an activating group) is 1. The van der Waals surface area contributed by atoms with Crippen molar-refractivity contribution in [2.24, 2.45) is 0 Å². The zero-order valence-electron chi connectivity index (χ0n) is 12.3. The van der Waals surface area contributed by atoms with E-state index in [0.29, 0.717) is 19.4 Å². The van der Waals surface area contributed by atoms with Gasteiger partial charge < -0.3 is 19.1 Å². The Labute approximate surface area is 118 Å². The number of amides is 1. The molecule has 1 amide bonds. The van der Waals surface area contributed by atoms with Crippen LogP contribution in [0.25, 0.3) is 0 Å². The second kappa shape index (κ2) is 5.09. The van der Waals surface area contributed by atoms with Crippen LogP contribution in [-0.2, 0) is 19.0 Å². The molecular weight excluding hydrogens is 262 g/mol. The van der Waals surface area contributed by atoms with Crippen molar-refractivity contribution in [2.45, 2.75) is 44.0 Å². The van der Waals surface area contributed by atoms with Crippen LogP contribution in [0.2, 0.25) is 0 Å². The maximum absolute atomic E-state index is 11.5. The van der Waals surface area contributed by atoms with Crippen LogP contribution < -0.4 is 0 Å². The van der Waals surface area contributed by atoms with Crippen LogP contribution in [0.5, 0.6) is 0 Å². The lowest BCUT2D eigenvalue weighted by atomic mass is 9.89. The molecule has 2 aliphatic heterocycles. The minimum absolute atomic E-state index is 0.202. The predicted octanol–water partition coefficient (Wildman–Crippen LogP) is 1.49. The van der Waals surface area contributed by atoms with Crippen molar-refractivity contribution in [2.75, 3.05) is 20.7 Å². The van der Waals surface area contributed by atoms with E-state index in [-0.39, 0.29) is 12.1 Å². The molecule has 0 saturated carbocycles. The van der Waals surface area contributed by atoms with Crippen LogP contribution in [0.1, 0.15) is 26.7 Å². The summed E-state index contributed by atoms with van der Waals surface area (Å²) in [6, 6.07) is 0. The van der Waals surface area contributed by atoms with Crippen molar-refractivity contribution >= 4 is 12.1 Å². The van der Waals surface area contributed by atoms with Gasteiger partial charge in [0, 0.05) is 26.8 Å². The number of nitrogens with zero attached hydrogens (tertiary/aromatic N) is 1.